The van der Waals surface area contributed by atoms with Crippen LogP contribution in [0.3, 0.4) is 0 Å². The summed E-state index contributed by atoms with van der Waals surface area (Å²) in [6.45, 7) is 6.02. The van der Waals surface area contributed by atoms with Crippen molar-refractivity contribution in [1.82, 2.24) is 4.90 Å². The monoisotopic (exact) mass is 323 g/mol. The first-order valence-corrected chi connectivity index (χ1v) is 8.12. The van der Waals surface area contributed by atoms with E-state index >= 15 is 0 Å². The third kappa shape index (κ3) is 3.97. The Morgan fingerprint density at radius 1 is 1.30 bits per heavy atom. The number of nitro groups is 1. The highest BCUT2D eigenvalue weighted by atomic mass is 19.1. The van der Waals surface area contributed by atoms with Crippen molar-refractivity contribution in [2.75, 3.05) is 50.8 Å². The van der Waals surface area contributed by atoms with Gasteiger partial charge in [-0.2, -0.15) is 0 Å². The number of nitro benzene ring substituents is 1. The van der Waals surface area contributed by atoms with Crippen LogP contribution in [0.4, 0.5) is 15.8 Å². The summed E-state index contributed by atoms with van der Waals surface area (Å²) in [6, 6.07) is 3.85. The van der Waals surface area contributed by atoms with E-state index in [9.17, 15) is 14.5 Å². The summed E-state index contributed by atoms with van der Waals surface area (Å²) in [6.07, 6.45) is 2.13. The summed E-state index contributed by atoms with van der Waals surface area (Å²) in [4.78, 5) is 15.1. The number of benzene rings is 1. The van der Waals surface area contributed by atoms with E-state index in [4.69, 9.17) is 4.74 Å². The van der Waals surface area contributed by atoms with Gasteiger partial charge in [0, 0.05) is 32.7 Å². The molecule has 1 atom stereocenters. The number of nitrogens with zero attached hydrogens (tertiary/aromatic N) is 3. The van der Waals surface area contributed by atoms with Crippen LogP contribution in [-0.2, 0) is 4.74 Å². The van der Waals surface area contributed by atoms with Crippen molar-refractivity contribution in [3.05, 3.63) is 34.1 Å². The standard InChI is InChI=1S/C16H22FN3O3/c17-14-3-4-15(16(10-14)20(21)22)19-5-1-2-13(12-19)11-18-6-8-23-9-7-18/h3-4,10,13H,1-2,5-9,11-12H2. The zero-order valence-corrected chi connectivity index (χ0v) is 13.1. The number of piperidine rings is 1. The lowest BCUT2D eigenvalue weighted by atomic mass is 9.96. The van der Waals surface area contributed by atoms with Crippen molar-refractivity contribution < 1.29 is 14.1 Å². The van der Waals surface area contributed by atoms with Crippen molar-refractivity contribution in [1.29, 1.82) is 0 Å². The summed E-state index contributed by atoms with van der Waals surface area (Å²) in [5.41, 5.74) is 0.389. The number of ether oxygens (including phenoxy) is 1. The molecule has 0 N–H and O–H groups in total. The second-order valence-corrected chi connectivity index (χ2v) is 6.26. The molecule has 2 heterocycles. The molecule has 2 aliphatic heterocycles. The van der Waals surface area contributed by atoms with Gasteiger partial charge in [-0.3, -0.25) is 15.0 Å². The summed E-state index contributed by atoms with van der Waals surface area (Å²) >= 11 is 0. The molecule has 7 heteroatoms. The van der Waals surface area contributed by atoms with Gasteiger partial charge >= 0.3 is 0 Å². The van der Waals surface area contributed by atoms with Gasteiger partial charge in [-0.15, -0.1) is 0 Å². The molecule has 126 valence electrons. The third-order valence-corrected chi connectivity index (χ3v) is 4.61. The Hall–Kier alpha value is -1.73. The molecule has 0 spiro atoms. The molecule has 1 aromatic carbocycles. The van der Waals surface area contributed by atoms with E-state index in [2.05, 4.69) is 4.90 Å². The van der Waals surface area contributed by atoms with Crippen molar-refractivity contribution in [3.8, 4) is 0 Å². The van der Waals surface area contributed by atoms with Crippen LogP contribution < -0.4 is 4.90 Å². The summed E-state index contributed by atoms with van der Waals surface area (Å²) in [5.74, 6) is -0.0890. The van der Waals surface area contributed by atoms with Gasteiger partial charge in [-0.05, 0) is 30.9 Å². The van der Waals surface area contributed by atoms with Crippen LogP contribution in [-0.4, -0.2) is 55.8 Å². The maximum absolute atomic E-state index is 13.3. The van der Waals surface area contributed by atoms with E-state index < -0.39 is 10.7 Å². The number of hydrogen-bond donors (Lipinski definition) is 0. The molecule has 6 nitrogen and oxygen atoms in total. The van der Waals surface area contributed by atoms with Crippen LogP contribution in [0.5, 0.6) is 0 Å². The number of morpholine rings is 1. The van der Waals surface area contributed by atoms with E-state index in [0.29, 0.717) is 11.6 Å². The fourth-order valence-electron chi connectivity index (χ4n) is 3.49. The fraction of sp³-hybridized carbons (Fsp3) is 0.625. The lowest BCUT2D eigenvalue weighted by Gasteiger charge is -2.37. The van der Waals surface area contributed by atoms with Gasteiger partial charge in [0.2, 0.25) is 0 Å². The molecule has 0 radical (unpaired) electrons. The highest BCUT2D eigenvalue weighted by molar-refractivity contribution is 5.63. The van der Waals surface area contributed by atoms with Crippen molar-refractivity contribution in [2.24, 2.45) is 5.92 Å². The molecule has 0 amide bonds. The summed E-state index contributed by atoms with van der Waals surface area (Å²) in [5, 5.41) is 11.2. The van der Waals surface area contributed by atoms with Crippen molar-refractivity contribution in [3.63, 3.8) is 0 Å². The number of rotatable bonds is 4. The molecular formula is C16H22FN3O3. The Kier molecular flexibility index (Phi) is 5.07. The van der Waals surface area contributed by atoms with Gasteiger partial charge in [0.1, 0.15) is 11.5 Å². The van der Waals surface area contributed by atoms with Crippen molar-refractivity contribution >= 4 is 11.4 Å². The Bertz CT molecular complexity index is 564. The highest BCUT2D eigenvalue weighted by Crippen LogP contribution is 2.32. The molecule has 0 bridgehead atoms. The number of halogens is 1. The fourth-order valence-corrected chi connectivity index (χ4v) is 3.49. The quantitative estimate of drug-likeness (QED) is 0.628. The largest absolute Gasteiger partial charge is 0.379 e. The molecule has 2 saturated heterocycles. The Balaban J connectivity index is 1.69. The van der Waals surface area contributed by atoms with E-state index in [1.807, 2.05) is 4.90 Å². The SMILES string of the molecule is O=[N+]([O-])c1cc(F)ccc1N1CCCC(CN2CCOCC2)C1. The molecule has 0 saturated carbocycles. The first kappa shape index (κ1) is 16.1. The molecule has 1 aromatic rings. The van der Waals surface area contributed by atoms with Crippen LogP contribution in [0.1, 0.15) is 12.8 Å². The van der Waals surface area contributed by atoms with Crippen LogP contribution in [0.15, 0.2) is 18.2 Å². The Morgan fingerprint density at radius 2 is 2.09 bits per heavy atom. The zero-order chi connectivity index (χ0) is 16.2. The van der Waals surface area contributed by atoms with Crippen LogP contribution in [0.2, 0.25) is 0 Å². The van der Waals surface area contributed by atoms with Crippen LogP contribution in [0, 0.1) is 21.8 Å². The topological polar surface area (TPSA) is 58.9 Å². The normalized spacial score (nSPS) is 23.0. The van der Waals surface area contributed by atoms with Gasteiger partial charge in [0.25, 0.3) is 5.69 Å². The van der Waals surface area contributed by atoms with Gasteiger partial charge < -0.3 is 9.64 Å². The Morgan fingerprint density at radius 3 is 2.83 bits per heavy atom. The lowest BCUT2D eigenvalue weighted by Crippen LogP contribution is -2.44. The first-order chi connectivity index (χ1) is 11.1. The van der Waals surface area contributed by atoms with E-state index in [-0.39, 0.29) is 5.69 Å². The van der Waals surface area contributed by atoms with Crippen LogP contribution >= 0.6 is 0 Å². The first-order valence-electron chi connectivity index (χ1n) is 8.12. The molecule has 2 aliphatic rings. The van der Waals surface area contributed by atoms with Gasteiger partial charge in [-0.1, -0.05) is 0 Å². The molecule has 23 heavy (non-hydrogen) atoms. The minimum atomic E-state index is -0.567. The predicted molar refractivity (Wildman–Crippen MR) is 85.3 cm³/mol. The molecular weight excluding hydrogens is 301 g/mol. The second kappa shape index (κ2) is 7.23. The molecule has 2 fully saturated rings. The van der Waals surface area contributed by atoms with Crippen LogP contribution in [0.25, 0.3) is 0 Å². The van der Waals surface area contributed by atoms with Gasteiger partial charge in [-0.25, -0.2) is 4.39 Å². The second-order valence-electron chi connectivity index (χ2n) is 6.26. The van der Waals surface area contributed by atoms with E-state index in [0.717, 1.165) is 64.8 Å². The third-order valence-electron chi connectivity index (χ3n) is 4.61. The zero-order valence-electron chi connectivity index (χ0n) is 13.1. The highest BCUT2D eigenvalue weighted by Gasteiger charge is 2.27. The average Bonchev–Trinajstić information content (AvgIpc) is 2.56. The minimum Gasteiger partial charge on any atom is -0.379 e. The molecule has 3 rings (SSSR count). The molecule has 0 aromatic heterocycles. The summed E-state index contributed by atoms with van der Waals surface area (Å²) < 4.78 is 18.7. The molecule has 1 unspecified atom stereocenters. The average molecular weight is 323 g/mol. The van der Waals surface area contributed by atoms with Gasteiger partial charge in [0.05, 0.1) is 24.2 Å². The van der Waals surface area contributed by atoms with E-state index in [1.54, 1.807) is 0 Å². The maximum Gasteiger partial charge on any atom is 0.295 e. The predicted octanol–water partition coefficient (Wildman–Crippen LogP) is 2.28. The number of hydrogen-bond acceptors (Lipinski definition) is 5. The smallest absolute Gasteiger partial charge is 0.295 e. The summed E-state index contributed by atoms with van der Waals surface area (Å²) in [7, 11) is 0. The van der Waals surface area contributed by atoms with Gasteiger partial charge in [0.15, 0.2) is 0 Å². The Labute approximate surface area is 135 Å². The number of anilines is 1. The maximum atomic E-state index is 13.3. The molecule has 0 aliphatic carbocycles. The van der Waals surface area contributed by atoms with E-state index in [1.165, 1.54) is 12.1 Å². The minimum absolute atomic E-state index is 0.142. The van der Waals surface area contributed by atoms with Crippen molar-refractivity contribution in [2.45, 2.75) is 12.8 Å². The lowest BCUT2D eigenvalue weighted by molar-refractivity contribution is -0.384.